The van der Waals surface area contributed by atoms with Gasteiger partial charge in [0, 0.05) is 12.4 Å². The Morgan fingerprint density at radius 3 is 2.62 bits per heavy atom. The molecule has 0 radical (unpaired) electrons. The summed E-state index contributed by atoms with van der Waals surface area (Å²) in [6.45, 7) is 1.62. The molecule has 0 spiro atoms. The Morgan fingerprint density at radius 2 is 1.96 bits per heavy atom. The topological polar surface area (TPSA) is 77.5 Å². The van der Waals surface area contributed by atoms with Gasteiger partial charge in [0.05, 0.1) is 37.0 Å². The van der Waals surface area contributed by atoms with E-state index < -0.39 is 23.7 Å². The largest absolute Gasteiger partial charge is 0.496 e. The van der Waals surface area contributed by atoms with E-state index in [1.165, 1.54) is 44.8 Å². The maximum absolute atomic E-state index is 14.1. The molecular weight excluding hydrogens is 315 g/mol. The molecule has 0 aliphatic rings. The average molecular weight is 332 g/mol. The van der Waals surface area contributed by atoms with Gasteiger partial charge in [0.25, 0.3) is 5.91 Å². The summed E-state index contributed by atoms with van der Waals surface area (Å²) in [6.07, 6.45) is 2.63. The van der Waals surface area contributed by atoms with Gasteiger partial charge in [0.1, 0.15) is 11.6 Å². The van der Waals surface area contributed by atoms with Crippen molar-refractivity contribution in [2.24, 2.45) is 0 Å². The van der Waals surface area contributed by atoms with Crippen LogP contribution in [0.25, 0.3) is 0 Å². The smallest absolute Gasteiger partial charge is 0.340 e. The van der Waals surface area contributed by atoms with E-state index in [4.69, 9.17) is 4.74 Å². The number of amides is 1. The first kappa shape index (κ1) is 17.4. The van der Waals surface area contributed by atoms with Crippen LogP contribution >= 0.6 is 0 Å². The number of esters is 1. The number of methoxy groups -OCH3 is 2. The monoisotopic (exact) mass is 332 g/mol. The number of rotatable bonds is 5. The van der Waals surface area contributed by atoms with Gasteiger partial charge in [-0.2, -0.15) is 0 Å². The summed E-state index contributed by atoms with van der Waals surface area (Å²) in [5.41, 5.74) is 0.353. The molecule has 1 amide bonds. The third kappa shape index (κ3) is 3.51. The van der Waals surface area contributed by atoms with Crippen LogP contribution in [0, 0.1) is 5.82 Å². The van der Waals surface area contributed by atoms with Gasteiger partial charge < -0.3 is 14.8 Å². The van der Waals surface area contributed by atoms with Gasteiger partial charge in [-0.25, -0.2) is 9.18 Å². The predicted molar refractivity (Wildman–Crippen MR) is 84.4 cm³/mol. The first-order valence-electron chi connectivity index (χ1n) is 7.15. The number of pyridine rings is 1. The molecule has 0 saturated carbocycles. The number of carbonyl (C=O) groups is 2. The number of hydrogen-bond acceptors (Lipinski definition) is 5. The Hall–Kier alpha value is -2.96. The molecule has 0 aliphatic carbocycles. The van der Waals surface area contributed by atoms with Crippen molar-refractivity contribution in [3.05, 3.63) is 59.2 Å². The van der Waals surface area contributed by atoms with Crippen molar-refractivity contribution in [2.45, 2.75) is 13.0 Å². The molecular formula is C17H17FN2O4. The van der Waals surface area contributed by atoms with Crippen LogP contribution in [-0.4, -0.2) is 31.1 Å². The highest BCUT2D eigenvalue weighted by Crippen LogP contribution is 2.28. The van der Waals surface area contributed by atoms with Gasteiger partial charge in [-0.3, -0.25) is 9.78 Å². The Morgan fingerprint density at radius 1 is 1.21 bits per heavy atom. The Bertz CT molecular complexity index is 764. The van der Waals surface area contributed by atoms with Crippen molar-refractivity contribution >= 4 is 11.9 Å². The summed E-state index contributed by atoms with van der Waals surface area (Å²) < 4.78 is 23.9. The molecule has 2 aromatic rings. The Labute approximate surface area is 138 Å². The molecule has 7 heteroatoms. The first-order chi connectivity index (χ1) is 11.5. The molecule has 0 bridgehead atoms. The second kappa shape index (κ2) is 7.54. The number of halogens is 1. The zero-order valence-electron chi connectivity index (χ0n) is 13.5. The van der Waals surface area contributed by atoms with Crippen molar-refractivity contribution in [3.8, 4) is 5.75 Å². The first-order valence-corrected chi connectivity index (χ1v) is 7.15. The van der Waals surface area contributed by atoms with Gasteiger partial charge in [0.2, 0.25) is 0 Å². The number of benzene rings is 1. The lowest BCUT2D eigenvalue weighted by atomic mass is 10.0. The zero-order chi connectivity index (χ0) is 17.7. The molecule has 2 rings (SSSR count). The predicted octanol–water partition coefficient (Wildman–Crippen LogP) is 2.51. The second-order valence-corrected chi connectivity index (χ2v) is 4.96. The fraction of sp³-hybridized carbons (Fsp3) is 0.235. The fourth-order valence-corrected chi connectivity index (χ4v) is 2.33. The minimum absolute atomic E-state index is 0.0326. The highest BCUT2D eigenvalue weighted by atomic mass is 19.1. The minimum Gasteiger partial charge on any atom is -0.496 e. The molecule has 6 nitrogen and oxygen atoms in total. The molecule has 1 aromatic heterocycles. The van der Waals surface area contributed by atoms with Crippen molar-refractivity contribution in [1.29, 1.82) is 0 Å². The summed E-state index contributed by atoms with van der Waals surface area (Å²) in [4.78, 5) is 28.0. The lowest BCUT2D eigenvalue weighted by molar-refractivity contribution is 0.0595. The second-order valence-electron chi connectivity index (χ2n) is 4.96. The van der Waals surface area contributed by atoms with Crippen molar-refractivity contribution in [3.63, 3.8) is 0 Å². The highest BCUT2D eigenvalue weighted by Gasteiger charge is 2.22. The lowest BCUT2D eigenvalue weighted by Gasteiger charge is -2.18. The van der Waals surface area contributed by atoms with Crippen LogP contribution < -0.4 is 10.1 Å². The van der Waals surface area contributed by atoms with E-state index in [1.54, 1.807) is 13.0 Å². The van der Waals surface area contributed by atoms with E-state index in [-0.39, 0.29) is 16.7 Å². The number of aromatic nitrogens is 1. The van der Waals surface area contributed by atoms with E-state index in [2.05, 4.69) is 15.0 Å². The lowest BCUT2D eigenvalue weighted by Crippen LogP contribution is -2.29. The van der Waals surface area contributed by atoms with Crippen LogP contribution in [0.5, 0.6) is 5.75 Å². The highest BCUT2D eigenvalue weighted by molar-refractivity contribution is 6.05. The van der Waals surface area contributed by atoms with E-state index in [0.717, 1.165) is 0 Å². The molecule has 24 heavy (non-hydrogen) atoms. The van der Waals surface area contributed by atoms with Crippen LogP contribution in [0.3, 0.4) is 0 Å². The molecule has 1 atom stereocenters. The van der Waals surface area contributed by atoms with E-state index in [9.17, 15) is 14.0 Å². The number of ether oxygens (including phenoxy) is 2. The molecule has 0 saturated heterocycles. The summed E-state index contributed by atoms with van der Waals surface area (Å²) in [7, 11) is 2.63. The van der Waals surface area contributed by atoms with Crippen molar-refractivity contribution in [2.75, 3.05) is 14.2 Å². The van der Waals surface area contributed by atoms with E-state index in [0.29, 0.717) is 5.75 Å². The summed E-state index contributed by atoms with van der Waals surface area (Å²) in [5, 5.41) is 2.65. The summed E-state index contributed by atoms with van der Waals surface area (Å²) >= 11 is 0. The molecule has 0 aliphatic heterocycles. The van der Waals surface area contributed by atoms with Gasteiger partial charge in [-0.05, 0) is 25.1 Å². The zero-order valence-corrected chi connectivity index (χ0v) is 13.5. The third-order valence-corrected chi connectivity index (χ3v) is 3.48. The molecule has 0 unspecified atom stereocenters. The Kier molecular flexibility index (Phi) is 5.47. The third-order valence-electron chi connectivity index (χ3n) is 3.48. The molecule has 1 heterocycles. The number of nitrogens with one attached hydrogen (secondary N) is 1. The Balaban J connectivity index is 2.30. The molecule has 126 valence electrons. The number of carbonyl (C=O) groups excluding carboxylic acids is 2. The van der Waals surface area contributed by atoms with E-state index in [1.807, 2.05) is 0 Å². The number of hydrogen-bond donors (Lipinski definition) is 1. The maximum Gasteiger partial charge on any atom is 0.340 e. The van der Waals surface area contributed by atoms with Gasteiger partial charge in [-0.15, -0.1) is 0 Å². The van der Waals surface area contributed by atoms with Crippen molar-refractivity contribution < 1.29 is 23.5 Å². The maximum atomic E-state index is 14.1. The SMILES string of the molecule is COC(=O)c1cnccc1C(=O)N[C@H](C)c1c(F)cccc1OC. The summed E-state index contributed by atoms with van der Waals surface area (Å²) in [5.74, 6) is -1.39. The molecule has 0 fully saturated rings. The molecule has 1 N–H and O–H groups in total. The van der Waals surface area contributed by atoms with Crippen molar-refractivity contribution in [1.82, 2.24) is 10.3 Å². The van der Waals surface area contributed by atoms with E-state index >= 15 is 0 Å². The summed E-state index contributed by atoms with van der Waals surface area (Å²) in [6, 6.07) is 5.13. The van der Waals surface area contributed by atoms with Crippen LogP contribution in [0.4, 0.5) is 4.39 Å². The van der Waals surface area contributed by atoms with Gasteiger partial charge in [-0.1, -0.05) is 6.07 Å². The van der Waals surface area contributed by atoms with Crippen LogP contribution in [-0.2, 0) is 4.74 Å². The van der Waals surface area contributed by atoms with Crippen LogP contribution in [0.1, 0.15) is 39.2 Å². The quantitative estimate of drug-likeness (QED) is 0.851. The number of nitrogens with zero attached hydrogens (tertiary/aromatic N) is 1. The average Bonchev–Trinajstić information content (AvgIpc) is 2.60. The van der Waals surface area contributed by atoms with Gasteiger partial charge in [0.15, 0.2) is 0 Å². The standard InChI is InChI=1S/C17H17FN2O4/c1-10(15-13(18)5-4-6-14(15)23-2)20-16(21)11-7-8-19-9-12(11)17(22)24-3/h4-10H,1-3H3,(H,20,21)/t10-/m1/s1. The van der Waals surface area contributed by atoms with Crippen LogP contribution in [0.2, 0.25) is 0 Å². The fourth-order valence-electron chi connectivity index (χ4n) is 2.33. The minimum atomic E-state index is -0.677. The van der Waals surface area contributed by atoms with Crippen LogP contribution in [0.15, 0.2) is 36.7 Å². The molecule has 1 aromatic carbocycles. The van der Waals surface area contributed by atoms with Gasteiger partial charge >= 0.3 is 5.97 Å². The normalized spacial score (nSPS) is 11.5.